The summed E-state index contributed by atoms with van der Waals surface area (Å²) in [5, 5.41) is 7.22. The molecule has 0 radical (unpaired) electrons. The van der Waals surface area contributed by atoms with Gasteiger partial charge in [-0.2, -0.15) is 0 Å². The Bertz CT molecular complexity index is 290. The van der Waals surface area contributed by atoms with Gasteiger partial charge in [-0.1, -0.05) is 37.3 Å². The first-order valence-corrected chi connectivity index (χ1v) is 5.09. The van der Waals surface area contributed by atoms with Gasteiger partial charge in [0, 0.05) is 5.92 Å². The molecule has 2 atom stereocenters. The van der Waals surface area contributed by atoms with Crippen molar-refractivity contribution in [2.24, 2.45) is 5.73 Å². The van der Waals surface area contributed by atoms with Crippen LogP contribution in [0, 0.1) is 5.41 Å². The Balaban J connectivity index is 0.000000500. The second-order valence-corrected chi connectivity index (χ2v) is 2.90. The highest BCUT2D eigenvalue weighted by Crippen LogP contribution is 2.12. The summed E-state index contributed by atoms with van der Waals surface area (Å²) in [4.78, 5) is 7.10. The minimum Gasteiger partial charge on any atom is -0.387 e. The molecular weight excluding hydrogens is 199 g/mol. The molecule has 5 heteroatoms. The van der Waals surface area contributed by atoms with Crippen LogP contribution in [0.15, 0.2) is 30.3 Å². The highest BCUT2D eigenvalue weighted by Gasteiger charge is 2.05. The number of rotatable bonds is 2. The molecule has 0 aromatic heterocycles. The third-order valence-electron chi connectivity index (χ3n) is 1.77. The van der Waals surface area contributed by atoms with Crippen LogP contribution in [0.25, 0.3) is 0 Å². The average Bonchev–Trinajstić information content (AvgIpc) is 2.19. The summed E-state index contributed by atoms with van der Waals surface area (Å²) in [6.07, 6.45) is 0. The first-order valence-electron chi connectivity index (χ1n) is 4.10. The second kappa shape index (κ2) is 7.30. The van der Waals surface area contributed by atoms with E-state index >= 15 is 0 Å². The predicted molar refractivity (Wildman–Crippen MR) is 59.4 cm³/mol. The van der Waals surface area contributed by atoms with E-state index in [-0.39, 0.29) is 11.8 Å². The maximum absolute atomic E-state index is 8.57. The van der Waals surface area contributed by atoms with Crippen LogP contribution in [-0.4, -0.2) is 10.7 Å². The van der Waals surface area contributed by atoms with E-state index in [1.807, 2.05) is 37.3 Å². The number of benzene rings is 1. The van der Waals surface area contributed by atoms with Crippen LogP contribution >= 0.6 is 8.69 Å². The van der Waals surface area contributed by atoms with E-state index in [1.165, 1.54) is 0 Å². The van der Waals surface area contributed by atoms with Crippen LogP contribution in [-0.2, 0) is 4.57 Å². The van der Waals surface area contributed by atoms with E-state index in [0.29, 0.717) is 0 Å². The van der Waals surface area contributed by atoms with Gasteiger partial charge in [0.1, 0.15) is 0 Å². The molecule has 14 heavy (non-hydrogen) atoms. The van der Waals surface area contributed by atoms with Gasteiger partial charge in [0.15, 0.2) is 8.69 Å². The molecule has 0 saturated carbocycles. The van der Waals surface area contributed by atoms with E-state index < -0.39 is 8.69 Å². The minimum absolute atomic E-state index is 0.0381. The summed E-state index contributed by atoms with van der Waals surface area (Å²) in [6.45, 7) is 1.93. The Hall–Kier alpha value is -1.12. The zero-order valence-electron chi connectivity index (χ0n) is 7.97. The van der Waals surface area contributed by atoms with Crippen molar-refractivity contribution in [3.05, 3.63) is 35.9 Å². The first-order chi connectivity index (χ1) is 6.63. The summed E-state index contributed by atoms with van der Waals surface area (Å²) in [7, 11) is -1.50. The van der Waals surface area contributed by atoms with Gasteiger partial charge < -0.3 is 10.6 Å². The quantitative estimate of drug-likeness (QED) is 0.395. The molecule has 78 valence electrons. The Morgan fingerprint density at radius 3 is 2.29 bits per heavy atom. The smallest absolute Gasteiger partial charge is 0.177 e. The Kier molecular flexibility index (Phi) is 6.72. The van der Waals surface area contributed by atoms with Crippen LogP contribution in [0.1, 0.15) is 18.4 Å². The van der Waals surface area contributed by atoms with Gasteiger partial charge in [-0.05, 0) is 5.56 Å². The number of hydrogen-bond donors (Lipinski definition) is 3. The van der Waals surface area contributed by atoms with Crippen molar-refractivity contribution in [3.63, 3.8) is 0 Å². The topological polar surface area (TPSA) is 87.2 Å². The third kappa shape index (κ3) is 4.80. The van der Waals surface area contributed by atoms with E-state index in [9.17, 15) is 0 Å². The number of nitrogens with two attached hydrogens (primary N) is 1. The molecule has 2 unspecified atom stereocenters. The van der Waals surface area contributed by atoms with Crippen LogP contribution in [0.2, 0.25) is 0 Å². The van der Waals surface area contributed by atoms with E-state index in [4.69, 9.17) is 20.6 Å². The van der Waals surface area contributed by atoms with Crippen molar-refractivity contribution in [2.45, 2.75) is 12.8 Å². The normalized spacial score (nSPS) is 11.9. The standard InChI is InChI=1S/C9H12N2.H3O2P/c1-7(9(10)11)8-5-3-2-4-6-8;1-3-2/h2-7H,1H3,(H3,10,11);3H2,(H,1,2). The molecule has 1 aromatic carbocycles. The SMILES string of the molecule is CC(C(=N)N)c1ccccc1.O=[PH2]O. The van der Waals surface area contributed by atoms with Crippen molar-refractivity contribution >= 4 is 14.5 Å². The van der Waals surface area contributed by atoms with Crippen LogP contribution in [0.3, 0.4) is 0 Å². The summed E-state index contributed by atoms with van der Waals surface area (Å²) in [6, 6.07) is 9.82. The van der Waals surface area contributed by atoms with Crippen molar-refractivity contribution in [3.8, 4) is 0 Å². The predicted octanol–water partition coefficient (Wildman–Crippen LogP) is 1.38. The van der Waals surface area contributed by atoms with Crippen LogP contribution in [0.4, 0.5) is 0 Å². The Morgan fingerprint density at radius 2 is 1.93 bits per heavy atom. The second-order valence-electron chi connectivity index (χ2n) is 2.69. The monoisotopic (exact) mass is 214 g/mol. The Morgan fingerprint density at radius 1 is 1.50 bits per heavy atom. The largest absolute Gasteiger partial charge is 0.387 e. The number of hydrogen-bond acceptors (Lipinski definition) is 2. The van der Waals surface area contributed by atoms with Crippen molar-refractivity contribution in [2.75, 3.05) is 0 Å². The van der Waals surface area contributed by atoms with E-state index in [1.54, 1.807) is 0 Å². The van der Waals surface area contributed by atoms with Gasteiger partial charge in [0.2, 0.25) is 0 Å². The van der Waals surface area contributed by atoms with Crippen LogP contribution < -0.4 is 5.73 Å². The molecule has 0 fully saturated rings. The molecule has 1 rings (SSSR count). The zero-order chi connectivity index (χ0) is 11.0. The lowest BCUT2D eigenvalue weighted by molar-refractivity contribution is 0.524. The molecule has 0 aliphatic heterocycles. The van der Waals surface area contributed by atoms with Gasteiger partial charge in [0.25, 0.3) is 0 Å². The van der Waals surface area contributed by atoms with E-state index in [0.717, 1.165) is 5.56 Å². The lowest BCUT2D eigenvalue weighted by Gasteiger charge is -2.08. The summed E-state index contributed by atoms with van der Waals surface area (Å²) in [5.41, 5.74) is 6.45. The fourth-order valence-corrected chi connectivity index (χ4v) is 0.921. The van der Waals surface area contributed by atoms with Crippen LogP contribution in [0.5, 0.6) is 0 Å². The summed E-state index contributed by atoms with van der Waals surface area (Å²) < 4.78 is 8.57. The number of nitrogens with one attached hydrogen (secondary N) is 1. The molecule has 0 heterocycles. The van der Waals surface area contributed by atoms with Gasteiger partial charge in [-0.3, -0.25) is 9.97 Å². The summed E-state index contributed by atoms with van der Waals surface area (Å²) in [5.74, 6) is 0.257. The molecule has 1 aromatic rings. The maximum Gasteiger partial charge on any atom is 0.177 e. The average molecular weight is 214 g/mol. The summed E-state index contributed by atoms with van der Waals surface area (Å²) >= 11 is 0. The molecule has 4 N–H and O–H groups in total. The van der Waals surface area contributed by atoms with Crippen molar-refractivity contribution in [1.29, 1.82) is 5.41 Å². The van der Waals surface area contributed by atoms with Gasteiger partial charge in [-0.25, -0.2) is 0 Å². The molecule has 0 bridgehead atoms. The number of amidine groups is 1. The fraction of sp³-hybridized carbons (Fsp3) is 0.222. The molecule has 0 amide bonds. The Labute approximate surface area is 84.6 Å². The maximum atomic E-state index is 8.57. The first kappa shape index (κ1) is 12.9. The molecule has 0 saturated heterocycles. The highest BCUT2D eigenvalue weighted by molar-refractivity contribution is 7.16. The van der Waals surface area contributed by atoms with Gasteiger partial charge >= 0.3 is 0 Å². The lowest BCUT2D eigenvalue weighted by atomic mass is 10.0. The van der Waals surface area contributed by atoms with Gasteiger partial charge in [0.05, 0.1) is 5.84 Å². The minimum atomic E-state index is -1.50. The molecule has 0 spiro atoms. The van der Waals surface area contributed by atoms with Crippen molar-refractivity contribution < 1.29 is 9.46 Å². The molecular formula is C9H15N2O2P. The fourth-order valence-electron chi connectivity index (χ4n) is 0.921. The highest BCUT2D eigenvalue weighted by atomic mass is 31.1. The van der Waals surface area contributed by atoms with Gasteiger partial charge in [-0.15, -0.1) is 0 Å². The van der Waals surface area contributed by atoms with E-state index in [2.05, 4.69) is 0 Å². The third-order valence-corrected chi connectivity index (χ3v) is 1.77. The van der Waals surface area contributed by atoms with Crippen molar-refractivity contribution in [1.82, 2.24) is 0 Å². The zero-order valence-corrected chi connectivity index (χ0v) is 9.13. The lowest BCUT2D eigenvalue weighted by Crippen LogP contribution is -2.17. The molecule has 0 aliphatic carbocycles. The molecule has 4 nitrogen and oxygen atoms in total. The molecule has 0 aliphatic rings.